The van der Waals surface area contributed by atoms with Crippen molar-refractivity contribution >= 4 is 5.91 Å². The molecule has 0 aliphatic heterocycles. The standard InChI is InChI=1S/C20H21N3O4/c1-26-16-7-9-17(10-8-16)27-13-15(24)11-21-20(25)18-12-22-23-19(18)14-5-3-2-4-6-14/h2-10,12,15,24H,11,13H2,1H3,(H,21,25)(H,22,23). The number of aromatic amines is 1. The molecule has 1 heterocycles. The van der Waals surface area contributed by atoms with Gasteiger partial charge in [0, 0.05) is 12.1 Å². The molecule has 1 aromatic heterocycles. The van der Waals surface area contributed by atoms with Gasteiger partial charge in [-0.2, -0.15) is 5.10 Å². The van der Waals surface area contributed by atoms with Crippen LogP contribution in [-0.4, -0.2) is 47.6 Å². The van der Waals surface area contributed by atoms with Crippen molar-refractivity contribution in [3.05, 3.63) is 66.4 Å². The summed E-state index contributed by atoms with van der Waals surface area (Å²) in [7, 11) is 1.59. The molecule has 0 aliphatic carbocycles. The molecule has 1 atom stereocenters. The van der Waals surface area contributed by atoms with E-state index in [1.165, 1.54) is 6.20 Å². The fourth-order valence-corrected chi connectivity index (χ4v) is 2.51. The Morgan fingerprint density at radius 3 is 2.56 bits per heavy atom. The third-order valence-corrected chi connectivity index (χ3v) is 3.95. The van der Waals surface area contributed by atoms with Crippen molar-refractivity contribution in [2.45, 2.75) is 6.10 Å². The van der Waals surface area contributed by atoms with Gasteiger partial charge in [0.15, 0.2) is 0 Å². The molecule has 1 amide bonds. The zero-order valence-corrected chi connectivity index (χ0v) is 14.9. The van der Waals surface area contributed by atoms with Crippen LogP contribution in [0.2, 0.25) is 0 Å². The predicted octanol–water partition coefficient (Wildman–Crippen LogP) is 2.25. The lowest BCUT2D eigenvalue weighted by molar-refractivity contribution is 0.0844. The van der Waals surface area contributed by atoms with E-state index in [1.54, 1.807) is 31.4 Å². The Labute approximate surface area is 157 Å². The number of H-pyrrole nitrogens is 1. The number of nitrogens with one attached hydrogen (secondary N) is 2. The minimum atomic E-state index is -0.844. The lowest BCUT2D eigenvalue weighted by Gasteiger charge is -2.13. The van der Waals surface area contributed by atoms with Gasteiger partial charge in [0.2, 0.25) is 0 Å². The maximum Gasteiger partial charge on any atom is 0.255 e. The van der Waals surface area contributed by atoms with Crippen LogP contribution in [0.1, 0.15) is 10.4 Å². The van der Waals surface area contributed by atoms with E-state index >= 15 is 0 Å². The third kappa shape index (κ3) is 4.86. The Kier molecular flexibility index (Phi) is 6.06. The topological polar surface area (TPSA) is 96.5 Å². The number of hydrogen-bond acceptors (Lipinski definition) is 5. The van der Waals surface area contributed by atoms with Crippen molar-refractivity contribution in [1.29, 1.82) is 0 Å². The number of rotatable bonds is 8. The summed E-state index contributed by atoms with van der Waals surface area (Å²) in [6.45, 7) is 0.123. The molecular weight excluding hydrogens is 346 g/mol. The number of aliphatic hydroxyl groups excluding tert-OH is 1. The van der Waals surface area contributed by atoms with Crippen molar-refractivity contribution in [3.63, 3.8) is 0 Å². The van der Waals surface area contributed by atoms with Gasteiger partial charge in [-0.1, -0.05) is 30.3 Å². The summed E-state index contributed by atoms with van der Waals surface area (Å²) in [6, 6.07) is 16.5. The molecule has 7 nitrogen and oxygen atoms in total. The van der Waals surface area contributed by atoms with E-state index in [4.69, 9.17) is 9.47 Å². The molecule has 27 heavy (non-hydrogen) atoms. The van der Waals surface area contributed by atoms with Crippen LogP contribution >= 0.6 is 0 Å². The summed E-state index contributed by atoms with van der Waals surface area (Å²) in [5, 5.41) is 19.5. The summed E-state index contributed by atoms with van der Waals surface area (Å²) < 4.78 is 10.6. The summed E-state index contributed by atoms with van der Waals surface area (Å²) >= 11 is 0. The SMILES string of the molecule is COc1ccc(OCC(O)CNC(=O)c2cn[nH]c2-c2ccccc2)cc1. The van der Waals surface area contributed by atoms with Crippen LogP contribution in [0.3, 0.4) is 0 Å². The highest BCUT2D eigenvalue weighted by Crippen LogP contribution is 2.20. The van der Waals surface area contributed by atoms with Crippen LogP contribution in [0.5, 0.6) is 11.5 Å². The molecule has 2 aromatic carbocycles. The fraction of sp³-hybridized carbons (Fsp3) is 0.200. The lowest BCUT2D eigenvalue weighted by Crippen LogP contribution is -2.35. The number of hydrogen-bond donors (Lipinski definition) is 3. The summed E-state index contributed by atoms with van der Waals surface area (Å²) in [6.07, 6.45) is 0.626. The highest BCUT2D eigenvalue weighted by Gasteiger charge is 2.16. The monoisotopic (exact) mass is 367 g/mol. The average Bonchev–Trinajstić information content (AvgIpc) is 3.21. The molecular formula is C20H21N3O4. The highest BCUT2D eigenvalue weighted by atomic mass is 16.5. The molecule has 0 fully saturated rings. The summed E-state index contributed by atoms with van der Waals surface area (Å²) in [5.74, 6) is 1.03. The van der Waals surface area contributed by atoms with Crippen molar-refractivity contribution < 1.29 is 19.4 Å². The average molecular weight is 367 g/mol. The molecule has 1 unspecified atom stereocenters. The van der Waals surface area contributed by atoms with E-state index in [1.807, 2.05) is 30.3 Å². The van der Waals surface area contributed by atoms with Crippen molar-refractivity contribution in [3.8, 4) is 22.8 Å². The van der Waals surface area contributed by atoms with Crippen molar-refractivity contribution in [2.24, 2.45) is 0 Å². The zero-order chi connectivity index (χ0) is 19.1. The largest absolute Gasteiger partial charge is 0.497 e. The first kappa shape index (κ1) is 18.5. The number of aromatic nitrogens is 2. The lowest BCUT2D eigenvalue weighted by atomic mass is 10.1. The van der Waals surface area contributed by atoms with E-state index < -0.39 is 6.10 Å². The molecule has 0 saturated carbocycles. The second kappa shape index (κ2) is 8.86. The second-order valence-corrected chi connectivity index (χ2v) is 5.88. The van der Waals surface area contributed by atoms with Gasteiger partial charge in [-0.3, -0.25) is 9.89 Å². The van der Waals surface area contributed by atoms with Gasteiger partial charge < -0.3 is 19.9 Å². The van der Waals surface area contributed by atoms with Gasteiger partial charge >= 0.3 is 0 Å². The van der Waals surface area contributed by atoms with Crippen molar-refractivity contribution in [2.75, 3.05) is 20.3 Å². The Balaban J connectivity index is 1.51. The van der Waals surface area contributed by atoms with E-state index in [9.17, 15) is 9.90 Å². The van der Waals surface area contributed by atoms with Gasteiger partial charge in [-0.25, -0.2) is 0 Å². The molecule has 0 aliphatic rings. The van der Waals surface area contributed by atoms with Gasteiger partial charge in [0.05, 0.1) is 24.6 Å². The molecule has 0 radical (unpaired) electrons. The maximum atomic E-state index is 12.4. The third-order valence-electron chi connectivity index (χ3n) is 3.95. The van der Waals surface area contributed by atoms with Crippen molar-refractivity contribution in [1.82, 2.24) is 15.5 Å². The van der Waals surface area contributed by atoms with E-state index in [-0.39, 0.29) is 19.1 Å². The number of aliphatic hydroxyl groups is 1. The molecule has 7 heteroatoms. The predicted molar refractivity (Wildman–Crippen MR) is 101 cm³/mol. The van der Waals surface area contributed by atoms with E-state index in [0.717, 1.165) is 11.3 Å². The molecule has 3 N–H and O–H groups in total. The number of carbonyl (C=O) groups is 1. The molecule has 3 aromatic rings. The first-order valence-electron chi connectivity index (χ1n) is 8.49. The van der Waals surface area contributed by atoms with Crippen LogP contribution in [-0.2, 0) is 0 Å². The number of methoxy groups -OCH3 is 1. The first-order chi connectivity index (χ1) is 13.2. The number of amides is 1. The smallest absolute Gasteiger partial charge is 0.255 e. The number of benzene rings is 2. The normalized spacial score (nSPS) is 11.6. The molecule has 0 spiro atoms. The fourth-order valence-electron chi connectivity index (χ4n) is 2.51. The van der Waals surface area contributed by atoms with Gasteiger partial charge in [0.1, 0.15) is 24.2 Å². The second-order valence-electron chi connectivity index (χ2n) is 5.88. The number of ether oxygens (including phenoxy) is 2. The molecule has 3 rings (SSSR count). The Bertz CT molecular complexity index is 862. The van der Waals surface area contributed by atoms with Crippen LogP contribution in [0.15, 0.2) is 60.8 Å². The Morgan fingerprint density at radius 1 is 1.15 bits per heavy atom. The van der Waals surface area contributed by atoms with Gasteiger partial charge in [-0.15, -0.1) is 0 Å². The minimum absolute atomic E-state index is 0.0591. The van der Waals surface area contributed by atoms with Gasteiger partial charge in [0.25, 0.3) is 5.91 Å². The Hall–Kier alpha value is -3.32. The maximum absolute atomic E-state index is 12.4. The highest BCUT2D eigenvalue weighted by molar-refractivity contribution is 5.99. The quantitative estimate of drug-likeness (QED) is 0.567. The summed E-state index contributed by atoms with van der Waals surface area (Å²) in [4.78, 5) is 12.4. The van der Waals surface area contributed by atoms with Crippen LogP contribution in [0.4, 0.5) is 0 Å². The van der Waals surface area contributed by atoms with Crippen LogP contribution in [0.25, 0.3) is 11.3 Å². The van der Waals surface area contributed by atoms with E-state index in [0.29, 0.717) is 17.0 Å². The minimum Gasteiger partial charge on any atom is -0.497 e. The zero-order valence-electron chi connectivity index (χ0n) is 14.9. The van der Waals surface area contributed by atoms with E-state index in [2.05, 4.69) is 15.5 Å². The number of nitrogens with zero attached hydrogens (tertiary/aromatic N) is 1. The van der Waals surface area contributed by atoms with Crippen LogP contribution < -0.4 is 14.8 Å². The van der Waals surface area contributed by atoms with Gasteiger partial charge in [-0.05, 0) is 24.3 Å². The molecule has 140 valence electrons. The molecule has 0 saturated heterocycles. The first-order valence-corrected chi connectivity index (χ1v) is 8.49. The van der Waals surface area contributed by atoms with Crippen LogP contribution in [0, 0.1) is 0 Å². The molecule has 0 bridgehead atoms. The Morgan fingerprint density at radius 2 is 1.85 bits per heavy atom. The number of carbonyl (C=O) groups excluding carboxylic acids is 1. The summed E-state index contributed by atoms with van der Waals surface area (Å²) in [5.41, 5.74) is 1.92.